The van der Waals surface area contributed by atoms with Gasteiger partial charge in [-0.15, -0.1) is 0 Å². The molecule has 1 aliphatic rings. The fourth-order valence-corrected chi connectivity index (χ4v) is 2.22. The molecule has 0 aromatic heterocycles. The van der Waals surface area contributed by atoms with Crippen LogP contribution in [0, 0.1) is 12.8 Å². The molecule has 16 heavy (non-hydrogen) atoms. The van der Waals surface area contributed by atoms with E-state index in [4.69, 9.17) is 18.0 Å². The SMILES string of the molecule is Cc1cccc(C(N)=S)c1NCC1CCC1. The van der Waals surface area contributed by atoms with Gasteiger partial charge in [-0.1, -0.05) is 30.8 Å². The molecule has 0 amide bonds. The average Bonchev–Trinajstić information content (AvgIpc) is 2.17. The molecule has 1 fully saturated rings. The first kappa shape index (κ1) is 11.4. The van der Waals surface area contributed by atoms with Gasteiger partial charge in [0.25, 0.3) is 0 Å². The van der Waals surface area contributed by atoms with Crippen LogP contribution in [0.15, 0.2) is 18.2 Å². The summed E-state index contributed by atoms with van der Waals surface area (Å²) in [6.07, 6.45) is 4.07. The highest BCUT2D eigenvalue weighted by Crippen LogP contribution is 2.28. The minimum absolute atomic E-state index is 0.472. The summed E-state index contributed by atoms with van der Waals surface area (Å²) >= 11 is 5.07. The average molecular weight is 234 g/mol. The monoisotopic (exact) mass is 234 g/mol. The quantitative estimate of drug-likeness (QED) is 0.787. The minimum Gasteiger partial charge on any atom is -0.389 e. The number of thiocarbonyl (C=S) groups is 1. The topological polar surface area (TPSA) is 38.0 Å². The van der Waals surface area contributed by atoms with Gasteiger partial charge in [-0.2, -0.15) is 0 Å². The van der Waals surface area contributed by atoms with E-state index in [1.165, 1.54) is 24.8 Å². The van der Waals surface area contributed by atoms with Gasteiger partial charge in [-0.25, -0.2) is 0 Å². The molecule has 1 saturated carbocycles. The maximum absolute atomic E-state index is 5.73. The largest absolute Gasteiger partial charge is 0.389 e. The Morgan fingerprint density at radius 1 is 1.50 bits per heavy atom. The van der Waals surface area contributed by atoms with Crippen molar-refractivity contribution in [3.8, 4) is 0 Å². The van der Waals surface area contributed by atoms with Crippen molar-refractivity contribution in [1.29, 1.82) is 0 Å². The summed E-state index contributed by atoms with van der Waals surface area (Å²) in [4.78, 5) is 0.472. The summed E-state index contributed by atoms with van der Waals surface area (Å²) in [5.74, 6) is 0.832. The first-order valence-electron chi connectivity index (χ1n) is 5.82. The molecule has 0 spiro atoms. The van der Waals surface area contributed by atoms with Gasteiger partial charge >= 0.3 is 0 Å². The Bertz CT molecular complexity index is 397. The molecule has 0 saturated heterocycles. The molecular formula is C13H18N2S. The number of anilines is 1. The molecule has 0 atom stereocenters. The first-order valence-corrected chi connectivity index (χ1v) is 6.22. The highest BCUT2D eigenvalue weighted by molar-refractivity contribution is 7.80. The fraction of sp³-hybridized carbons (Fsp3) is 0.462. The Balaban J connectivity index is 2.13. The second-order valence-electron chi connectivity index (χ2n) is 4.54. The van der Waals surface area contributed by atoms with Gasteiger partial charge in [0.15, 0.2) is 0 Å². The van der Waals surface area contributed by atoms with E-state index in [1.54, 1.807) is 0 Å². The van der Waals surface area contributed by atoms with Gasteiger partial charge in [-0.3, -0.25) is 0 Å². The zero-order valence-electron chi connectivity index (χ0n) is 9.62. The van der Waals surface area contributed by atoms with E-state index < -0.39 is 0 Å². The Kier molecular flexibility index (Phi) is 3.44. The number of hydrogen-bond acceptors (Lipinski definition) is 2. The summed E-state index contributed by atoms with van der Waals surface area (Å²) < 4.78 is 0. The lowest BCUT2D eigenvalue weighted by molar-refractivity contribution is 0.333. The number of nitrogens with one attached hydrogen (secondary N) is 1. The minimum atomic E-state index is 0.472. The maximum atomic E-state index is 5.73. The predicted octanol–water partition coefficient (Wildman–Crippen LogP) is 2.84. The van der Waals surface area contributed by atoms with Gasteiger partial charge in [-0.05, 0) is 37.3 Å². The van der Waals surface area contributed by atoms with Crippen LogP contribution < -0.4 is 11.1 Å². The number of para-hydroxylation sites is 1. The molecule has 3 N–H and O–H groups in total. The lowest BCUT2D eigenvalue weighted by Crippen LogP contribution is -2.23. The van der Waals surface area contributed by atoms with Crippen LogP contribution in [-0.4, -0.2) is 11.5 Å². The van der Waals surface area contributed by atoms with Crippen LogP contribution in [0.5, 0.6) is 0 Å². The number of aryl methyl sites for hydroxylation is 1. The third kappa shape index (κ3) is 2.35. The first-order chi connectivity index (χ1) is 7.68. The molecule has 0 heterocycles. The van der Waals surface area contributed by atoms with Gasteiger partial charge in [0.05, 0.1) is 0 Å². The zero-order chi connectivity index (χ0) is 11.5. The Labute approximate surface area is 102 Å². The molecule has 3 heteroatoms. The van der Waals surface area contributed by atoms with Crippen molar-refractivity contribution in [2.24, 2.45) is 11.7 Å². The lowest BCUT2D eigenvalue weighted by Gasteiger charge is -2.27. The molecule has 0 radical (unpaired) electrons. The summed E-state index contributed by atoms with van der Waals surface area (Å²) in [6.45, 7) is 3.13. The van der Waals surface area contributed by atoms with Crippen molar-refractivity contribution >= 4 is 22.9 Å². The Morgan fingerprint density at radius 2 is 2.25 bits per heavy atom. The molecular weight excluding hydrogens is 216 g/mol. The van der Waals surface area contributed by atoms with Crippen molar-refractivity contribution in [2.75, 3.05) is 11.9 Å². The van der Waals surface area contributed by atoms with E-state index in [0.717, 1.165) is 23.7 Å². The number of benzene rings is 1. The molecule has 1 aliphatic carbocycles. The molecule has 0 bridgehead atoms. The molecule has 2 rings (SSSR count). The van der Waals surface area contributed by atoms with Crippen LogP contribution in [0.3, 0.4) is 0 Å². The van der Waals surface area contributed by atoms with Crippen LogP contribution in [0.25, 0.3) is 0 Å². The standard InChI is InChI=1S/C13H18N2S/c1-9-4-2-7-11(13(14)16)12(9)15-8-10-5-3-6-10/h2,4,7,10,15H,3,5-6,8H2,1H3,(H2,14,16). The van der Waals surface area contributed by atoms with Crippen LogP contribution in [-0.2, 0) is 0 Å². The Morgan fingerprint density at radius 3 is 2.81 bits per heavy atom. The van der Waals surface area contributed by atoms with Gasteiger partial charge in [0.1, 0.15) is 4.99 Å². The molecule has 2 nitrogen and oxygen atoms in total. The van der Waals surface area contributed by atoms with E-state index in [-0.39, 0.29) is 0 Å². The normalized spacial score (nSPS) is 15.6. The van der Waals surface area contributed by atoms with Gasteiger partial charge in [0, 0.05) is 17.8 Å². The summed E-state index contributed by atoms with van der Waals surface area (Å²) in [6, 6.07) is 6.07. The van der Waals surface area contributed by atoms with Crippen LogP contribution in [0.4, 0.5) is 5.69 Å². The third-order valence-electron chi connectivity index (χ3n) is 3.33. The second kappa shape index (κ2) is 4.83. The molecule has 1 aromatic carbocycles. The van der Waals surface area contributed by atoms with E-state index >= 15 is 0 Å². The molecule has 1 aromatic rings. The lowest BCUT2D eigenvalue weighted by atomic mass is 9.85. The Hall–Kier alpha value is -1.09. The van der Waals surface area contributed by atoms with Crippen LogP contribution >= 0.6 is 12.2 Å². The predicted molar refractivity (Wildman–Crippen MR) is 72.9 cm³/mol. The molecule has 86 valence electrons. The summed E-state index contributed by atoms with van der Waals surface area (Å²) in [7, 11) is 0. The van der Waals surface area contributed by atoms with Crippen LogP contribution in [0.2, 0.25) is 0 Å². The fourth-order valence-electron chi connectivity index (χ4n) is 2.05. The van der Waals surface area contributed by atoms with Crippen molar-refractivity contribution < 1.29 is 0 Å². The van der Waals surface area contributed by atoms with E-state index in [1.807, 2.05) is 12.1 Å². The summed E-state index contributed by atoms with van der Waals surface area (Å²) in [5, 5.41) is 3.50. The zero-order valence-corrected chi connectivity index (χ0v) is 10.4. The van der Waals surface area contributed by atoms with Gasteiger partial charge in [0.2, 0.25) is 0 Å². The highest BCUT2D eigenvalue weighted by atomic mass is 32.1. The van der Waals surface area contributed by atoms with Crippen molar-refractivity contribution in [3.63, 3.8) is 0 Å². The van der Waals surface area contributed by atoms with Crippen molar-refractivity contribution in [3.05, 3.63) is 29.3 Å². The molecule has 0 unspecified atom stereocenters. The second-order valence-corrected chi connectivity index (χ2v) is 4.98. The summed E-state index contributed by atoms with van der Waals surface area (Å²) in [5.41, 5.74) is 9.02. The van der Waals surface area contributed by atoms with Gasteiger partial charge < -0.3 is 11.1 Å². The third-order valence-corrected chi connectivity index (χ3v) is 3.55. The van der Waals surface area contributed by atoms with E-state index in [9.17, 15) is 0 Å². The van der Waals surface area contributed by atoms with Crippen molar-refractivity contribution in [2.45, 2.75) is 26.2 Å². The van der Waals surface area contributed by atoms with Crippen LogP contribution in [0.1, 0.15) is 30.4 Å². The number of nitrogens with two attached hydrogens (primary N) is 1. The maximum Gasteiger partial charge on any atom is 0.106 e. The smallest absolute Gasteiger partial charge is 0.106 e. The number of hydrogen-bond donors (Lipinski definition) is 2. The highest BCUT2D eigenvalue weighted by Gasteiger charge is 2.17. The molecule has 0 aliphatic heterocycles. The van der Waals surface area contributed by atoms with Crippen molar-refractivity contribution in [1.82, 2.24) is 0 Å². The number of rotatable bonds is 4. The van der Waals surface area contributed by atoms with E-state index in [2.05, 4.69) is 18.3 Å². The van der Waals surface area contributed by atoms with E-state index in [0.29, 0.717) is 4.99 Å².